The highest BCUT2D eigenvalue weighted by atomic mass is 19.4. The molecule has 1 heterocycles. The van der Waals surface area contributed by atoms with E-state index in [1.807, 2.05) is 4.90 Å². The molecule has 1 aliphatic heterocycles. The van der Waals surface area contributed by atoms with Crippen LogP contribution in [-0.2, 0) is 17.4 Å². The van der Waals surface area contributed by atoms with E-state index in [9.17, 15) is 32.9 Å². The van der Waals surface area contributed by atoms with Crippen LogP contribution in [-0.4, -0.2) is 54.4 Å². The molecule has 1 saturated heterocycles. The molecule has 8 nitrogen and oxygen atoms in total. The highest BCUT2D eigenvalue weighted by Gasteiger charge is 2.30. The van der Waals surface area contributed by atoms with Crippen molar-refractivity contribution in [2.24, 2.45) is 0 Å². The zero-order chi connectivity index (χ0) is 24.2. The molecule has 0 aliphatic carbocycles. The van der Waals surface area contributed by atoms with Crippen molar-refractivity contribution >= 4 is 23.2 Å². The molecule has 2 aromatic carbocycles. The van der Waals surface area contributed by atoms with Crippen LogP contribution in [0.15, 0.2) is 42.5 Å². The van der Waals surface area contributed by atoms with Crippen LogP contribution in [0.1, 0.15) is 28.4 Å². The minimum Gasteiger partial charge on any atom is -0.362 e. The lowest BCUT2D eigenvalue weighted by atomic mass is 10.1. The summed E-state index contributed by atoms with van der Waals surface area (Å²) in [5.41, 5.74) is 0.158. The molecule has 0 atom stereocenters. The molecular weight excluding hydrogens is 441 g/mol. The van der Waals surface area contributed by atoms with Crippen LogP contribution in [0.4, 0.5) is 24.5 Å². The highest BCUT2D eigenvalue weighted by Crippen LogP contribution is 2.31. The third-order valence-corrected chi connectivity index (χ3v) is 5.48. The standard InChI is InChI=1S/C22H23F3N4O4/c1-15(30)27-10-12-28(13-11-27)19-7-4-17(14-20(19)29(32)33)21(31)26-9-8-16-2-5-18(6-3-16)22(23,24)25/h2-7,14H,8-13H2,1H3,(H,26,31). The number of carbonyl (C=O) groups is 2. The second kappa shape index (κ2) is 9.88. The Morgan fingerprint density at radius 1 is 1.06 bits per heavy atom. The minimum absolute atomic E-state index is 0.0486. The van der Waals surface area contributed by atoms with Gasteiger partial charge >= 0.3 is 6.18 Å². The average Bonchev–Trinajstić information content (AvgIpc) is 2.78. The minimum atomic E-state index is -4.41. The third kappa shape index (κ3) is 5.99. The first kappa shape index (κ1) is 24.0. The number of halogens is 3. The zero-order valence-electron chi connectivity index (χ0n) is 17.9. The van der Waals surface area contributed by atoms with Gasteiger partial charge in [-0.25, -0.2) is 0 Å². The van der Waals surface area contributed by atoms with Crippen LogP contribution in [0.2, 0.25) is 0 Å². The molecular formula is C22H23F3N4O4. The quantitative estimate of drug-likeness (QED) is 0.523. The summed E-state index contributed by atoms with van der Waals surface area (Å²) in [6, 6.07) is 8.88. The number of nitro groups is 1. The molecule has 2 aromatic rings. The Morgan fingerprint density at radius 3 is 2.24 bits per heavy atom. The van der Waals surface area contributed by atoms with E-state index in [1.54, 1.807) is 4.90 Å². The van der Waals surface area contributed by atoms with Gasteiger partial charge in [0.1, 0.15) is 5.69 Å². The number of piperazine rings is 1. The van der Waals surface area contributed by atoms with Gasteiger partial charge in [-0.05, 0) is 36.2 Å². The number of nitrogens with zero attached hydrogens (tertiary/aromatic N) is 3. The van der Waals surface area contributed by atoms with Crippen molar-refractivity contribution in [1.82, 2.24) is 10.2 Å². The summed E-state index contributed by atoms with van der Waals surface area (Å²) in [5.74, 6) is -0.564. The van der Waals surface area contributed by atoms with Crippen LogP contribution in [0.3, 0.4) is 0 Å². The first-order chi connectivity index (χ1) is 15.6. The molecule has 0 spiro atoms. The molecule has 2 amide bonds. The first-order valence-corrected chi connectivity index (χ1v) is 10.3. The lowest BCUT2D eigenvalue weighted by Gasteiger charge is -2.35. The van der Waals surface area contributed by atoms with Gasteiger partial charge in [-0.15, -0.1) is 0 Å². The van der Waals surface area contributed by atoms with Gasteiger partial charge in [0.25, 0.3) is 11.6 Å². The number of hydrogen-bond donors (Lipinski definition) is 1. The number of carbonyl (C=O) groups excluding carboxylic acids is 2. The lowest BCUT2D eigenvalue weighted by Crippen LogP contribution is -2.48. The fourth-order valence-corrected chi connectivity index (χ4v) is 3.62. The topological polar surface area (TPSA) is 95.8 Å². The SMILES string of the molecule is CC(=O)N1CCN(c2ccc(C(=O)NCCc3ccc(C(F)(F)F)cc3)cc2[N+](=O)[O-])CC1. The molecule has 0 bridgehead atoms. The number of nitrogens with one attached hydrogen (secondary N) is 1. The maximum Gasteiger partial charge on any atom is 0.416 e. The van der Waals surface area contributed by atoms with Gasteiger partial charge in [-0.1, -0.05) is 12.1 Å². The fraction of sp³-hybridized carbons (Fsp3) is 0.364. The van der Waals surface area contributed by atoms with Crippen LogP contribution >= 0.6 is 0 Å². The Balaban J connectivity index is 1.62. The highest BCUT2D eigenvalue weighted by molar-refractivity contribution is 5.95. The molecule has 176 valence electrons. The van der Waals surface area contributed by atoms with Crippen LogP contribution < -0.4 is 10.2 Å². The maximum atomic E-state index is 12.6. The van der Waals surface area contributed by atoms with Crippen LogP contribution in [0.5, 0.6) is 0 Å². The third-order valence-electron chi connectivity index (χ3n) is 5.48. The van der Waals surface area contributed by atoms with Crippen LogP contribution in [0.25, 0.3) is 0 Å². The van der Waals surface area contributed by atoms with Gasteiger partial charge in [0.05, 0.1) is 10.5 Å². The zero-order valence-corrected chi connectivity index (χ0v) is 17.9. The smallest absolute Gasteiger partial charge is 0.362 e. The van der Waals surface area contributed by atoms with Crippen molar-refractivity contribution in [2.75, 3.05) is 37.6 Å². The molecule has 0 aromatic heterocycles. The second-order valence-electron chi connectivity index (χ2n) is 7.65. The Labute approximate surface area is 188 Å². The van der Waals surface area contributed by atoms with Crippen molar-refractivity contribution in [3.05, 3.63) is 69.3 Å². The number of hydrogen-bond acceptors (Lipinski definition) is 5. The Kier molecular flexibility index (Phi) is 7.19. The molecule has 11 heteroatoms. The molecule has 1 aliphatic rings. The second-order valence-corrected chi connectivity index (χ2v) is 7.65. The molecule has 33 heavy (non-hydrogen) atoms. The Hall–Kier alpha value is -3.63. The predicted octanol–water partition coefficient (Wildman–Crippen LogP) is 3.25. The number of alkyl halides is 3. The van der Waals surface area contributed by atoms with E-state index in [-0.39, 0.29) is 23.7 Å². The van der Waals surface area contributed by atoms with Crippen LogP contribution in [0, 0.1) is 10.1 Å². The van der Waals surface area contributed by atoms with Gasteiger partial charge in [-0.3, -0.25) is 19.7 Å². The van der Waals surface area contributed by atoms with E-state index in [0.29, 0.717) is 43.9 Å². The van der Waals surface area contributed by atoms with Gasteiger partial charge in [0.15, 0.2) is 0 Å². The monoisotopic (exact) mass is 464 g/mol. The first-order valence-electron chi connectivity index (χ1n) is 10.3. The van der Waals surface area contributed by atoms with Gasteiger partial charge in [0.2, 0.25) is 5.91 Å². The van der Waals surface area contributed by atoms with Gasteiger partial charge in [-0.2, -0.15) is 13.2 Å². The van der Waals surface area contributed by atoms with Crippen molar-refractivity contribution in [2.45, 2.75) is 19.5 Å². The predicted molar refractivity (Wildman–Crippen MR) is 115 cm³/mol. The molecule has 0 unspecified atom stereocenters. The summed E-state index contributed by atoms with van der Waals surface area (Å²) < 4.78 is 37.9. The van der Waals surface area contributed by atoms with E-state index in [1.165, 1.54) is 37.3 Å². The van der Waals surface area contributed by atoms with E-state index in [4.69, 9.17) is 0 Å². The fourth-order valence-electron chi connectivity index (χ4n) is 3.62. The van der Waals surface area contributed by atoms with Crippen molar-refractivity contribution in [3.8, 4) is 0 Å². The summed E-state index contributed by atoms with van der Waals surface area (Å²) in [6.45, 7) is 3.44. The van der Waals surface area contributed by atoms with Crippen molar-refractivity contribution in [3.63, 3.8) is 0 Å². The summed E-state index contributed by atoms with van der Waals surface area (Å²) in [7, 11) is 0. The van der Waals surface area contributed by atoms with Crippen molar-refractivity contribution < 1.29 is 27.7 Å². The number of rotatable bonds is 6. The van der Waals surface area contributed by atoms with Gasteiger partial charge in [0, 0.05) is 51.3 Å². The van der Waals surface area contributed by atoms with E-state index >= 15 is 0 Å². The molecule has 3 rings (SSSR count). The lowest BCUT2D eigenvalue weighted by molar-refractivity contribution is -0.384. The maximum absolute atomic E-state index is 12.6. The van der Waals surface area contributed by atoms with E-state index < -0.39 is 22.6 Å². The molecule has 1 N–H and O–H groups in total. The normalized spacial score (nSPS) is 14.2. The van der Waals surface area contributed by atoms with Gasteiger partial charge < -0.3 is 15.1 Å². The number of amides is 2. The summed E-state index contributed by atoms with van der Waals surface area (Å²) >= 11 is 0. The molecule has 1 fully saturated rings. The summed E-state index contributed by atoms with van der Waals surface area (Å²) in [5, 5.41) is 14.2. The molecule has 0 radical (unpaired) electrons. The summed E-state index contributed by atoms with van der Waals surface area (Å²) in [6.07, 6.45) is -4.10. The van der Waals surface area contributed by atoms with E-state index in [2.05, 4.69) is 5.32 Å². The number of nitro benzene ring substituents is 1. The summed E-state index contributed by atoms with van der Waals surface area (Å²) in [4.78, 5) is 38.5. The largest absolute Gasteiger partial charge is 0.416 e. The number of benzene rings is 2. The Morgan fingerprint density at radius 2 is 1.70 bits per heavy atom. The number of anilines is 1. The molecule has 0 saturated carbocycles. The Bertz CT molecular complexity index is 1030. The van der Waals surface area contributed by atoms with E-state index in [0.717, 1.165) is 12.1 Å². The average molecular weight is 464 g/mol. The van der Waals surface area contributed by atoms with Crippen molar-refractivity contribution in [1.29, 1.82) is 0 Å².